The molecule has 0 fully saturated rings. The number of aromatic hydroxyl groups is 1. The molecule has 0 atom stereocenters. The molecule has 4 aromatic rings. The Morgan fingerprint density at radius 2 is 2.14 bits per heavy atom. The molecule has 2 aromatic heterocycles. The van der Waals surface area contributed by atoms with E-state index in [9.17, 15) is 9.90 Å². The molecule has 0 unspecified atom stereocenters. The first-order chi connectivity index (χ1) is 13.5. The van der Waals surface area contributed by atoms with Crippen molar-refractivity contribution in [1.29, 1.82) is 0 Å². The van der Waals surface area contributed by atoms with Gasteiger partial charge in [0.25, 0.3) is 0 Å². The topological polar surface area (TPSA) is 75.4 Å². The maximum atomic E-state index is 12.4. The molecule has 140 valence electrons. The normalized spacial score (nSPS) is 10.9. The third-order valence-electron chi connectivity index (χ3n) is 4.20. The van der Waals surface area contributed by atoms with Crippen LogP contribution in [0.15, 0.2) is 74.2 Å². The molecule has 0 aliphatic rings. The smallest absolute Gasteiger partial charge is 0.345 e. The zero-order valence-corrected chi connectivity index (χ0v) is 17.0. The summed E-state index contributed by atoms with van der Waals surface area (Å²) in [5, 5.41) is 16.7. The number of aromatic nitrogens is 1. The SMILES string of the molecule is C=CCc1cccc(Nc2nc(-c3cc4cc(Br)ccc4oc3=O)cs2)c1O. The molecule has 0 radical (unpaired) electrons. The number of halogens is 1. The zero-order chi connectivity index (χ0) is 19.7. The van der Waals surface area contributed by atoms with E-state index in [4.69, 9.17) is 4.42 Å². The molecule has 0 aliphatic carbocycles. The predicted molar refractivity (Wildman–Crippen MR) is 117 cm³/mol. The highest BCUT2D eigenvalue weighted by Crippen LogP contribution is 2.33. The van der Waals surface area contributed by atoms with Gasteiger partial charge < -0.3 is 14.8 Å². The molecule has 2 N–H and O–H groups in total. The van der Waals surface area contributed by atoms with E-state index in [1.165, 1.54) is 11.3 Å². The highest BCUT2D eigenvalue weighted by Gasteiger charge is 2.13. The van der Waals surface area contributed by atoms with Crippen molar-refractivity contribution >= 4 is 49.1 Å². The van der Waals surface area contributed by atoms with Crippen LogP contribution in [-0.4, -0.2) is 10.1 Å². The number of hydrogen-bond donors (Lipinski definition) is 2. The predicted octanol–water partition coefficient (Wildman–Crippen LogP) is 5.86. The number of benzene rings is 2. The summed E-state index contributed by atoms with van der Waals surface area (Å²) in [6.45, 7) is 3.70. The minimum Gasteiger partial charge on any atom is -0.505 e. The molecular weight excluding hydrogens is 440 g/mol. The van der Waals surface area contributed by atoms with Crippen molar-refractivity contribution in [3.8, 4) is 17.0 Å². The molecule has 0 bridgehead atoms. The van der Waals surface area contributed by atoms with Crippen molar-refractivity contribution in [2.75, 3.05) is 5.32 Å². The van der Waals surface area contributed by atoms with E-state index in [1.807, 2.05) is 24.3 Å². The van der Waals surface area contributed by atoms with Gasteiger partial charge in [0.05, 0.1) is 16.9 Å². The number of nitrogens with zero attached hydrogens (tertiary/aromatic N) is 1. The molecule has 0 spiro atoms. The monoisotopic (exact) mass is 454 g/mol. The Hall–Kier alpha value is -2.90. The highest BCUT2D eigenvalue weighted by atomic mass is 79.9. The molecule has 0 amide bonds. The van der Waals surface area contributed by atoms with Crippen LogP contribution in [0.4, 0.5) is 10.8 Å². The van der Waals surface area contributed by atoms with E-state index in [2.05, 4.69) is 32.8 Å². The lowest BCUT2D eigenvalue weighted by Crippen LogP contribution is -2.03. The molecule has 5 nitrogen and oxygen atoms in total. The molecule has 7 heteroatoms. The number of thiazole rings is 1. The van der Waals surface area contributed by atoms with Gasteiger partial charge in [0.15, 0.2) is 5.13 Å². The van der Waals surface area contributed by atoms with Crippen molar-refractivity contribution < 1.29 is 9.52 Å². The Bertz CT molecular complexity index is 1250. The first-order valence-corrected chi connectivity index (χ1v) is 10.1. The average molecular weight is 455 g/mol. The van der Waals surface area contributed by atoms with Crippen molar-refractivity contribution in [2.45, 2.75) is 6.42 Å². The Morgan fingerprint density at radius 1 is 1.29 bits per heavy atom. The Labute approximate surface area is 173 Å². The maximum absolute atomic E-state index is 12.4. The van der Waals surface area contributed by atoms with Crippen LogP contribution in [0.3, 0.4) is 0 Å². The number of allylic oxidation sites excluding steroid dienone is 1. The van der Waals surface area contributed by atoms with Crippen molar-refractivity contribution in [3.63, 3.8) is 0 Å². The van der Waals surface area contributed by atoms with Gasteiger partial charge in [-0.05, 0) is 42.3 Å². The zero-order valence-electron chi connectivity index (χ0n) is 14.6. The van der Waals surface area contributed by atoms with Crippen molar-refractivity contribution in [1.82, 2.24) is 4.98 Å². The minimum absolute atomic E-state index is 0.161. The van der Waals surface area contributed by atoms with E-state index in [-0.39, 0.29) is 5.75 Å². The van der Waals surface area contributed by atoms with Gasteiger partial charge in [-0.2, -0.15) is 0 Å². The Balaban J connectivity index is 1.68. The Morgan fingerprint density at radius 3 is 2.96 bits per heavy atom. The summed E-state index contributed by atoms with van der Waals surface area (Å²) in [5.74, 6) is 0.161. The fourth-order valence-electron chi connectivity index (χ4n) is 2.86. The summed E-state index contributed by atoms with van der Waals surface area (Å²) in [4.78, 5) is 16.9. The molecule has 2 heterocycles. The van der Waals surface area contributed by atoms with E-state index >= 15 is 0 Å². The number of anilines is 2. The fraction of sp³-hybridized carbons (Fsp3) is 0.0476. The summed E-state index contributed by atoms with van der Waals surface area (Å²) >= 11 is 4.76. The van der Waals surface area contributed by atoms with Crippen LogP contribution in [0, 0.1) is 0 Å². The second kappa shape index (κ2) is 7.61. The largest absolute Gasteiger partial charge is 0.505 e. The molecule has 0 saturated carbocycles. The van der Waals surface area contributed by atoms with Gasteiger partial charge in [0, 0.05) is 15.2 Å². The third-order valence-corrected chi connectivity index (χ3v) is 5.45. The lowest BCUT2D eigenvalue weighted by atomic mass is 10.1. The molecule has 4 rings (SSSR count). The summed E-state index contributed by atoms with van der Waals surface area (Å²) in [6, 6.07) is 12.7. The standard InChI is InChI=1S/C21H15BrN2O3S/c1-2-4-12-5-3-6-16(19(12)25)23-21-24-17(11-28-21)15-10-13-9-14(22)7-8-18(13)27-20(15)26/h2-3,5-11,25H,1,4H2,(H,23,24). The van der Waals surface area contributed by atoms with Gasteiger partial charge in [-0.1, -0.05) is 34.1 Å². The molecule has 0 aliphatic heterocycles. The van der Waals surface area contributed by atoms with Crippen LogP contribution in [0.1, 0.15) is 5.56 Å². The second-order valence-corrected chi connectivity index (χ2v) is 7.87. The summed E-state index contributed by atoms with van der Waals surface area (Å²) < 4.78 is 6.31. The highest BCUT2D eigenvalue weighted by molar-refractivity contribution is 9.10. The molecular formula is C21H15BrN2O3S. The van der Waals surface area contributed by atoms with E-state index < -0.39 is 5.63 Å². The van der Waals surface area contributed by atoms with Gasteiger partial charge in [-0.3, -0.25) is 0 Å². The van der Waals surface area contributed by atoms with Gasteiger partial charge in [0.1, 0.15) is 11.3 Å². The number of hydrogen-bond acceptors (Lipinski definition) is 6. The number of para-hydroxylation sites is 1. The van der Waals surface area contributed by atoms with Crippen molar-refractivity contribution in [3.05, 3.63) is 81.0 Å². The maximum Gasteiger partial charge on any atom is 0.345 e. The summed E-state index contributed by atoms with van der Waals surface area (Å²) in [6.07, 6.45) is 2.30. The number of phenols is 1. The lowest BCUT2D eigenvalue weighted by Gasteiger charge is -2.08. The van der Waals surface area contributed by atoms with Crippen LogP contribution in [0.2, 0.25) is 0 Å². The second-order valence-electron chi connectivity index (χ2n) is 6.10. The summed E-state index contributed by atoms with van der Waals surface area (Å²) in [5.41, 5.74) is 2.31. The van der Waals surface area contributed by atoms with Gasteiger partial charge >= 0.3 is 5.63 Å². The van der Waals surface area contributed by atoms with E-state index in [0.29, 0.717) is 34.1 Å². The van der Waals surface area contributed by atoms with E-state index in [0.717, 1.165) is 15.4 Å². The fourth-order valence-corrected chi connectivity index (χ4v) is 3.96. The van der Waals surface area contributed by atoms with Crippen LogP contribution >= 0.6 is 27.3 Å². The number of rotatable bonds is 5. The lowest BCUT2D eigenvalue weighted by molar-refractivity contribution is 0.472. The third kappa shape index (κ3) is 3.58. The van der Waals surface area contributed by atoms with Gasteiger partial charge in [-0.25, -0.2) is 9.78 Å². The van der Waals surface area contributed by atoms with E-state index in [1.54, 1.807) is 29.7 Å². The van der Waals surface area contributed by atoms with Gasteiger partial charge in [-0.15, -0.1) is 17.9 Å². The van der Waals surface area contributed by atoms with Crippen molar-refractivity contribution in [2.24, 2.45) is 0 Å². The minimum atomic E-state index is -0.442. The molecule has 28 heavy (non-hydrogen) atoms. The number of phenolic OH excluding ortho intramolecular Hbond substituents is 1. The molecule has 0 saturated heterocycles. The van der Waals surface area contributed by atoms with Crippen LogP contribution in [0.25, 0.3) is 22.2 Å². The quantitative estimate of drug-likeness (QED) is 0.224. The summed E-state index contributed by atoms with van der Waals surface area (Å²) in [7, 11) is 0. The number of nitrogens with one attached hydrogen (secondary N) is 1. The van der Waals surface area contributed by atoms with Gasteiger partial charge in [0.2, 0.25) is 0 Å². The Kier molecular flexibility index (Phi) is 5.02. The average Bonchev–Trinajstić information content (AvgIpc) is 3.13. The first-order valence-electron chi connectivity index (χ1n) is 8.43. The van der Waals surface area contributed by atoms with Crippen LogP contribution in [-0.2, 0) is 6.42 Å². The molecule has 2 aromatic carbocycles. The van der Waals surface area contributed by atoms with Crippen LogP contribution in [0.5, 0.6) is 5.75 Å². The number of fused-ring (bicyclic) bond motifs is 1. The first kappa shape index (κ1) is 18.5. The van der Waals surface area contributed by atoms with Crippen LogP contribution < -0.4 is 10.9 Å².